The highest BCUT2D eigenvalue weighted by Crippen LogP contribution is 1.89. The summed E-state index contributed by atoms with van der Waals surface area (Å²) in [6.07, 6.45) is 1.17. The summed E-state index contributed by atoms with van der Waals surface area (Å²) < 4.78 is 23.3. The number of hydrogen-bond donors (Lipinski definition) is 0. The van der Waals surface area contributed by atoms with Crippen LogP contribution in [0.15, 0.2) is 11.8 Å². The molecular formula is C4H7O3S-. The van der Waals surface area contributed by atoms with E-state index < -0.39 is 11.4 Å². The van der Waals surface area contributed by atoms with Gasteiger partial charge in [0.2, 0.25) is 0 Å². The van der Waals surface area contributed by atoms with Gasteiger partial charge in [0.05, 0.1) is 0 Å². The van der Waals surface area contributed by atoms with Gasteiger partial charge in [0.15, 0.2) is 0 Å². The van der Waals surface area contributed by atoms with Crippen LogP contribution in [0.2, 0.25) is 0 Å². The molecule has 0 aliphatic rings. The molecule has 8 heavy (non-hydrogen) atoms. The smallest absolute Gasteiger partial charge is 0.138 e. The summed E-state index contributed by atoms with van der Waals surface area (Å²) in [5.74, 6) is 0. The van der Waals surface area contributed by atoms with Crippen LogP contribution in [0, 0.1) is 0 Å². The molecule has 0 spiro atoms. The van der Waals surface area contributed by atoms with Crippen molar-refractivity contribution in [1.29, 1.82) is 0 Å². The molecule has 1 unspecified atom stereocenters. The van der Waals surface area contributed by atoms with E-state index >= 15 is 0 Å². The zero-order valence-corrected chi connectivity index (χ0v) is 5.53. The van der Waals surface area contributed by atoms with Gasteiger partial charge in [-0.1, -0.05) is 0 Å². The molecule has 1 atom stereocenters. The molecule has 0 heterocycles. The molecule has 0 N–H and O–H groups in total. The molecular weight excluding hydrogens is 128 g/mol. The minimum Gasteiger partial charge on any atom is -0.740 e. The molecule has 0 saturated carbocycles. The van der Waals surface area contributed by atoms with E-state index in [4.69, 9.17) is 0 Å². The van der Waals surface area contributed by atoms with Crippen LogP contribution in [-0.2, 0) is 15.5 Å². The van der Waals surface area contributed by atoms with Gasteiger partial charge in [-0.15, -0.1) is 0 Å². The fourth-order valence-corrected chi connectivity index (χ4v) is 0.407. The van der Waals surface area contributed by atoms with Gasteiger partial charge in [-0.25, -0.2) is 4.21 Å². The Hall–Kier alpha value is -0.350. The lowest BCUT2D eigenvalue weighted by atomic mass is 10.4. The highest BCUT2D eigenvalue weighted by Gasteiger charge is 1.75. The van der Waals surface area contributed by atoms with Crippen molar-refractivity contribution in [1.82, 2.24) is 0 Å². The molecule has 0 saturated heterocycles. The topological polar surface area (TPSA) is 49.4 Å². The van der Waals surface area contributed by atoms with Crippen molar-refractivity contribution in [2.45, 2.75) is 13.8 Å². The average Bonchev–Trinajstić information content (AvgIpc) is 1.61. The van der Waals surface area contributed by atoms with Crippen LogP contribution in [0.5, 0.6) is 0 Å². The Kier molecular flexibility index (Phi) is 3.47. The van der Waals surface area contributed by atoms with Crippen molar-refractivity contribution in [2.75, 3.05) is 0 Å². The molecule has 0 radical (unpaired) electrons. The normalized spacial score (nSPS) is 12.4. The third-order valence-corrected chi connectivity index (χ3v) is 0.616. The summed E-state index contributed by atoms with van der Waals surface area (Å²) in [5, 5.41) is 0. The lowest BCUT2D eigenvalue weighted by Gasteiger charge is -2.00. The Morgan fingerprint density at radius 1 is 1.75 bits per heavy atom. The van der Waals surface area contributed by atoms with E-state index in [0.717, 1.165) is 5.57 Å². The average molecular weight is 135 g/mol. The van der Waals surface area contributed by atoms with Crippen molar-refractivity contribution >= 4 is 11.4 Å². The molecule has 0 amide bonds. The third kappa shape index (κ3) is 5.65. The highest BCUT2D eigenvalue weighted by atomic mass is 32.2. The summed E-state index contributed by atoms with van der Waals surface area (Å²) in [4.78, 5) is 0. The molecule has 0 aromatic carbocycles. The molecule has 4 heteroatoms. The van der Waals surface area contributed by atoms with E-state index in [1.165, 1.54) is 6.26 Å². The van der Waals surface area contributed by atoms with E-state index in [-0.39, 0.29) is 0 Å². The lowest BCUT2D eigenvalue weighted by Crippen LogP contribution is -1.86. The van der Waals surface area contributed by atoms with E-state index in [9.17, 15) is 8.76 Å². The Morgan fingerprint density at radius 2 is 2.25 bits per heavy atom. The fourth-order valence-electron chi connectivity index (χ4n) is 0.136. The molecule has 0 aromatic heterocycles. The number of allylic oxidation sites excluding steroid dienone is 1. The SMILES string of the molecule is CC(C)=COS(=O)[O-]. The van der Waals surface area contributed by atoms with Gasteiger partial charge in [0, 0.05) is 0 Å². The molecule has 0 fully saturated rings. The molecule has 0 bridgehead atoms. The molecule has 0 rings (SSSR count). The van der Waals surface area contributed by atoms with E-state index in [0.29, 0.717) is 0 Å². The summed E-state index contributed by atoms with van der Waals surface area (Å²) in [6, 6.07) is 0. The predicted octanol–water partition coefficient (Wildman–Crippen LogP) is 0.721. The summed E-state index contributed by atoms with van der Waals surface area (Å²) >= 11 is -2.41. The summed E-state index contributed by atoms with van der Waals surface area (Å²) in [6.45, 7) is 3.49. The van der Waals surface area contributed by atoms with Gasteiger partial charge < -0.3 is 8.74 Å². The van der Waals surface area contributed by atoms with Crippen LogP contribution in [0.1, 0.15) is 13.8 Å². The Bertz CT molecular complexity index is 114. The minimum absolute atomic E-state index is 0.814. The van der Waals surface area contributed by atoms with Crippen molar-refractivity contribution < 1.29 is 12.9 Å². The standard InChI is InChI=1S/C4H8O3S/c1-4(2)3-7-8(5)6/h3H,1-2H3,(H,5,6)/p-1. The lowest BCUT2D eigenvalue weighted by molar-refractivity contribution is 0.403. The van der Waals surface area contributed by atoms with Crippen LogP contribution >= 0.6 is 0 Å². The quantitative estimate of drug-likeness (QED) is 0.414. The van der Waals surface area contributed by atoms with Crippen LogP contribution in [0.25, 0.3) is 0 Å². The van der Waals surface area contributed by atoms with Crippen LogP contribution < -0.4 is 0 Å². The van der Waals surface area contributed by atoms with Gasteiger partial charge in [0.25, 0.3) is 0 Å². The zero-order chi connectivity index (χ0) is 6.57. The maximum atomic E-state index is 9.64. The largest absolute Gasteiger partial charge is 0.740 e. The number of rotatable bonds is 2. The van der Waals surface area contributed by atoms with Gasteiger partial charge in [-0.3, -0.25) is 0 Å². The first kappa shape index (κ1) is 7.65. The fraction of sp³-hybridized carbons (Fsp3) is 0.500. The van der Waals surface area contributed by atoms with Crippen molar-refractivity contribution in [3.8, 4) is 0 Å². The second-order valence-corrected chi connectivity index (χ2v) is 2.10. The monoisotopic (exact) mass is 135 g/mol. The van der Waals surface area contributed by atoms with Gasteiger partial charge in [-0.05, 0) is 19.4 Å². The van der Waals surface area contributed by atoms with Crippen LogP contribution in [0.3, 0.4) is 0 Å². The maximum absolute atomic E-state index is 9.64. The predicted molar refractivity (Wildman–Crippen MR) is 29.4 cm³/mol. The first-order chi connectivity index (χ1) is 3.63. The van der Waals surface area contributed by atoms with Gasteiger partial charge >= 0.3 is 0 Å². The number of hydrogen-bond acceptors (Lipinski definition) is 3. The van der Waals surface area contributed by atoms with Crippen molar-refractivity contribution in [3.63, 3.8) is 0 Å². The van der Waals surface area contributed by atoms with Crippen molar-refractivity contribution in [2.24, 2.45) is 0 Å². The highest BCUT2D eigenvalue weighted by molar-refractivity contribution is 7.74. The first-order valence-corrected chi connectivity index (χ1v) is 3.02. The van der Waals surface area contributed by atoms with Gasteiger partial charge in [-0.2, -0.15) is 0 Å². The molecule has 48 valence electrons. The van der Waals surface area contributed by atoms with E-state index in [2.05, 4.69) is 4.18 Å². The van der Waals surface area contributed by atoms with E-state index in [1.54, 1.807) is 13.8 Å². The minimum atomic E-state index is -2.41. The van der Waals surface area contributed by atoms with Crippen LogP contribution in [-0.4, -0.2) is 8.76 Å². The summed E-state index contributed by atoms with van der Waals surface area (Å²) in [7, 11) is 0. The van der Waals surface area contributed by atoms with Gasteiger partial charge in [0.1, 0.15) is 17.6 Å². The Labute approximate surface area is 50.8 Å². The van der Waals surface area contributed by atoms with Crippen LogP contribution in [0.4, 0.5) is 0 Å². The molecule has 3 nitrogen and oxygen atoms in total. The Morgan fingerprint density at radius 3 is 2.38 bits per heavy atom. The van der Waals surface area contributed by atoms with Crippen molar-refractivity contribution in [3.05, 3.63) is 11.8 Å². The molecule has 0 aliphatic heterocycles. The zero-order valence-electron chi connectivity index (χ0n) is 4.71. The first-order valence-electron chi connectivity index (χ1n) is 2.02. The molecule has 0 aliphatic carbocycles. The third-order valence-electron chi connectivity index (χ3n) is 0.362. The second kappa shape index (κ2) is 3.63. The summed E-state index contributed by atoms with van der Waals surface area (Å²) in [5.41, 5.74) is 0.814. The van der Waals surface area contributed by atoms with E-state index in [1.807, 2.05) is 0 Å². The Balaban J connectivity index is 3.45. The maximum Gasteiger partial charge on any atom is 0.138 e. The molecule has 0 aromatic rings. The second-order valence-electron chi connectivity index (χ2n) is 1.50.